The van der Waals surface area contributed by atoms with E-state index in [1.807, 2.05) is 30.3 Å². The molecule has 4 aromatic rings. The van der Waals surface area contributed by atoms with Crippen molar-refractivity contribution < 1.29 is 33.3 Å². The highest BCUT2D eigenvalue weighted by molar-refractivity contribution is 5.87. The van der Waals surface area contributed by atoms with Crippen molar-refractivity contribution in [2.24, 2.45) is 0 Å². The number of carbonyl (C=O) groups is 2. The van der Waals surface area contributed by atoms with Crippen molar-refractivity contribution in [2.45, 2.75) is 38.3 Å². The van der Waals surface area contributed by atoms with Gasteiger partial charge in [-0.3, -0.25) is 9.69 Å². The number of aliphatic carboxylic acids is 1. The maximum atomic E-state index is 15.3. The summed E-state index contributed by atoms with van der Waals surface area (Å²) in [7, 11) is 0. The van der Waals surface area contributed by atoms with E-state index < -0.39 is 18.0 Å². The Balaban J connectivity index is 1.44. The smallest absolute Gasteiger partial charge is 0.426 e. The third-order valence-corrected chi connectivity index (χ3v) is 6.96. The first-order valence-corrected chi connectivity index (χ1v) is 13.8. The van der Waals surface area contributed by atoms with Crippen LogP contribution in [0.1, 0.15) is 46.3 Å². The molecule has 0 radical (unpaired) electrons. The lowest BCUT2D eigenvalue weighted by molar-refractivity contribution is -0.185. The second kappa shape index (κ2) is 14.4. The van der Waals surface area contributed by atoms with Crippen molar-refractivity contribution in [3.8, 4) is 16.9 Å². The number of carboxylic acids is 2. The van der Waals surface area contributed by atoms with Gasteiger partial charge in [0.1, 0.15) is 5.75 Å². The summed E-state index contributed by atoms with van der Waals surface area (Å²) in [5.41, 5.74) is 3.22. The van der Waals surface area contributed by atoms with Crippen LogP contribution in [0.25, 0.3) is 11.1 Å². The fourth-order valence-electron chi connectivity index (χ4n) is 4.67. The van der Waals surface area contributed by atoms with Gasteiger partial charge in [0.05, 0.1) is 11.1 Å². The average Bonchev–Trinajstić information content (AvgIpc) is 2.99. The number of ether oxygens (including phenoxy) is 1. The molecule has 42 heavy (non-hydrogen) atoms. The SMILES string of the molecule is O=C(O)CCCCN(CCc1ccccc1OC(F)(F)c1ccc(-c2ccccc2)cc1)Cc1ccc(C(=O)O)cc1. The van der Waals surface area contributed by atoms with E-state index in [1.54, 1.807) is 42.5 Å². The van der Waals surface area contributed by atoms with Crippen LogP contribution in [-0.2, 0) is 23.9 Å². The predicted octanol–water partition coefficient (Wildman–Crippen LogP) is 7.48. The number of nitrogens with zero attached hydrogens (tertiary/aromatic N) is 1. The number of aromatic carboxylic acids is 1. The standard InChI is InChI=1S/C34H33F2NO5/c35-34(36,30-19-17-27(18-20-30)26-8-2-1-3-9-26)42-31-11-5-4-10-28(31)21-23-37(22-7-6-12-32(38)39)24-25-13-15-29(16-14-25)33(40)41/h1-5,8-11,13-20H,6-7,12,21-24H2,(H,38,39)(H,40,41). The minimum atomic E-state index is -3.55. The molecule has 0 unspecified atom stereocenters. The lowest BCUT2D eigenvalue weighted by atomic mass is 10.0. The Morgan fingerprint density at radius 3 is 2.05 bits per heavy atom. The van der Waals surface area contributed by atoms with Crippen molar-refractivity contribution >= 4 is 11.9 Å². The van der Waals surface area contributed by atoms with Crippen LogP contribution in [0.5, 0.6) is 5.75 Å². The molecule has 0 heterocycles. The summed E-state index contributed by atoms with van der Waals surface area (Å²) >= 11 is 0. The Labute approximate surface area is 243 Å². The molecule has 4 rings (SSSR count). The van der Waals surface area contributed by atoms with E-state index in [0.29, 0.717) is 44.5 Å². The molecule has 6 nitrogen and oxygen atoms in total. The summed E-state index contributed by atoms with van der Waals surface area (Å²) in [4.78, 5) is 24.2. The van der Waals surface area contributed by atoms with Gasteiger partial charge in [-0.15, -0.1) is 0 Å². The molecule has 0 aliphatic rings. The van der Waals surface area contributed by atoms with Crippen molar-refractivity contribution in [2.75, 3.05) is 13.1 Å². The highest BCUT2D eigenvalue weighted by Crippen LogP contribution is 2.34. The van der Waals surface area contributed by atoms with Crippen LogP contribution in [-0.4, -0.2) is 40.1 Å². The normalized spacial score (nSPS) is 11.4. The second-order valence-corrected chi connectivity index (χ2v) is 10.0. The lowest BCUT2D eigenvalue weighted by Gasteiger charge is -2.24. The van der Waals surface area contributed by atoms with E-state index in [0.717, 1.165) is 16.7 Å². The highest BCUT2D eigenvalue weighted by atomic mass is 19.3. The van der Waals surface area contributed by atoms with Gasteiger partial charge in [-0.2, -0.15) is 8.78 Å². The fraction of sp³-hybridized carbons (Fsp3) is 0.235. The topological polar surface area (TPSA) is 87.1 Å². The van der Waals surface area contributed by atoms with Gasteiger partial charge in [0.15, 0.2) is 0 Å². The fourth-order valence-corrected chi connectivity index (χ4v) is 4.67. The van der Waals surface area contributed by atoms with E-state index >= 15 is 8.78 Å². The molecule has 0 bridgehead atoms. The minimum absolute atomic E-state index is 0.0687. The Bertz CT molecular complexity index is 1460. The van der Waals surface area contributed by atoms with Crippen molar-refractivity contribution in [3.05, 3.63) is 125 Å². The van der Waals surface area contributed by atoms with E-state index in [9.17, 15) is 14.7 Å². The van der Waals surface area contributed by atoms with Crippen LogP contribution < -0.4 is 4.74 Å². The summed E-state index contributed by atoms with van der Waals surface area (Å²) in [6.07, 6.45) is -1.90. The zero-order valence-corrected chi connectivity index (χ0v) is 23.1. The third-order valence-electron chi connectivity index (χ3n) is 6.96. The van der Waals surface area contributed by atoms with E-state index in [1.165, 1.54) is 30.3 Å². The van der Waals surface area contributed by atoms with Crippen molar-refractivity contribution in [3.63, 3.8) is 0 Å². The molecule has 2 N–H and O–H groups in total. The molecule has 0 atom stereocenters. The van der Waals surface area contributed by atoms with Gasteiger partial charge in [0.2, 0.25) is 0 Å². The maximum Gasteiger partial charge on any atom is 0.426 e. The Kier molecular flexibility index (Phi) is 10.4. The quantitative estimate of drug-likeness (QED) is 0.143. The molecule has 0 aliphatic heterocycles. The number of halogens is 2. The monoisotopic (exact) mass is 573 g/mol. The number of rotatable bonds is 15. The van der Waals surface area contributed by atoms with Crippen molar-refractivity contribution in [1.82, 2.24) is 4.90 Å². The summed E-state index contributed by atoms with van der Waals surface area (Å²) in [5.74, 6) is -1.77. The van der Waals surface area contributed by atoms with Gasteiger partial charge in [0, 0.05) is 19.5 Å². The van der Waals surface area contributed by atoms with Crippen LogP contribution in [0, 0.1) is 0 Å². The summed E-state index contributed by atoms with van der Waals surface area (Å²) in [5, 5.41) is 18.1. The largest absolute Gasteiger partial charge is 0.481 e. The zero-order chi connectivity index (χ0) is 30.0. The first-order chi connectivity index (χ1) is 20.2. The number of carboxylic acid groups (broad SMARTS) is 2. The highest BCUT2D eigenvalue weighted by Gasteiger charge is 2.35. The lowest BCUT2D eigenvalue weighted by Crippen LogP contribution is -2.27. The average molecular weight is 574 g/mol. The number of unbranched alkanes of at least 4 members (excludes halogenated alkanes) is 1. The van der Waals surface area contributed by atoms with Gasteiger partial charge in [0.25, 0.3) is 0 Å². The van der Waals surface area contributed by atoms with Gasteiger partial charge in [-0.25, -0.2) is 4.79 Å². The van der Waals surface area contributed by atoms with Crippen LogP contribution >= 0.6 is 0 Å². The van der Waals surface area contributed by atoms with Gasteiger partial charge in [-0.05, 0) is 78.4 Å². The Morgan fingerprint density at radius 1 is 0.738 bits per heavy atom. The molecular formula is C34H33F2NO5. The van der Waals surface area contributed by atoms with E-state index in [-0.39, 0.29) is 23.3 Å². The molecule has 0 aliphatic carbocycles. The zero-order valence-electron chi connectivity index (χ0n) is 23.1. The van der Waals surface area contributed by atoms with Crippen molar-refractivity contribution in [1.29, 1.82) is 0 Å². The second-order valence-electron chi connectivity index (χ2n) is 10.0. The third kappa shape index (κ3) is 8.72. The Morgan fingerprint density at radius 2 is 1.38 bits per heavy atom. The minimum Gasteiger partial charge on any atom is -0.481 e. The molecule has 0 saturated heterocycles. The van der Waals surface area contributed by atoms with E-state index in [4.69, 9.17) is 9.84 Å². The van der Waals surface area contributed by atoms with Crippen LogP contribution in [0.15, 0.2) is 103 Å². The summed E-state index contributed by atoms with van der Waals surface area (Å²) in [6.45, 7) is 1.60. The van der Waals surface area contributed by atoms with Gasteiger partial charge < -0.3 is 14.9 Å². The number of hydrogen-bond donors (Lipinski definition) is 2. The summed E-state index contributed by atoms with van der Waals surface area (Å²) < 4.78 is 35.9. The Hall–Kier alpha value is -4.56. The molecule has 0 fully saturated rings. The molecule has 0 spiro atoms. The molecule has 4 aromatic carbocycles. The summed E-state index contributed by atoms with van der Waals surface area (Å²) in [6, 6.07) is 28.9. The molecule has 0 aromatic heterocycles. The van der Waals surface area contributed by atoms with Crippen LogP contribution in [0.3, 0.4) is 0 Å². The number of hydrogen-bond acceptors (Lipinski definition) is 4. The number of alkyl halides is 2. The molecule has 0 saturated carbocycles. The molecule has 218 valence electrons. The first kappa shape index (κ1) is 30.4. The van der Waals surface area contributed by atoms with E-state index in [2.05, 4.69) is 4.90 Å². The number of para-hydroxylation sites is 1. The molecular weight excluding hydrogens is 540 g/mol. The van der Waals surface area contributed by atoms with Gasteiger partial charge >= 0.3 is 18.0 Å². The van der Waals surface area contributed by atoms with Gasteiger partial charge in [-0.1, -0.05) is 72.8 Å². The number of benzene rings is 4. The molecule has 8 heteroatoms. The maximum absolute atomic E-state index is 15.3. The first-order valence-electron chi connectivity index (χ1n) is 13.8. The molecule has 0 amide bonds. The van der Waals surface area contributed by atoms with Crippen LogP contribution in [0.2, 0.25) is 0 Å². The predicted molar refractivity (Wildman–Crippen MR) is 157 cm³/mol. The van der Waals surface area contributed by atoms with Crippen LogP contribution in [0.4, 0.5) is 8.78 Å².